The molecule has 0 fully saturated rings. The summed E-state index contributed by atoms with van der Waals surface area (Å²) < 4.78 is 0. The van der Waals surface area contributed by atoms with Crippen molar-refractivity contribution in [3.05, 3.63) is 35.9 Å². The number of phenols is 2. The van der Waals surface area contributed by atoms with Crippen molar-refractivity contribution in [1.82, 2.24) is 0 Å². The molecule has 0 aromatic heterocycles. The standard InChI is InChI=1S/C11H9NO3/c12-11(15)8-5-6-3-1-2-4-7(6)9(13)10(8)14/h1-5,13-14H,(H2,12,15). The lowest BCUT2D eigenvalue weighted by molar-refractivity contribution is 0.0997. The Morgan fingerprint density at radius 1 is 1.13 bits per heavy atom. The average Bonchev–Trinajstić information content (AvgIpc) is 2.23. The van der Waals surface area contributed by atoms with Crippen LogP contribution in [0.5, 0.6) is 11.5 Å². The number of benzene rings is 2. The molecule has 2 rings (SSSR count). The van der Waals surface area contributed by atoms with Crippen LogP contribution in [0.2, 0.25) is 0 Å². The monoisotopic (exact) mass is 203 g/mol. The van der Waals surface area contributed by atoms with Crippen molar-refractivity contribution in [2.24, 2.45) is 5.73 Å². The van der Waals surface area contributed by atoms with Crippen molar-refractivity contribution in [2.75, 3.05) is 0 Å². The van der Waals surface area contributed by atoms with Crippen LogP contribution < -0.4 is 5.73 Å². The third-order valence-corrected chi connectivity index (χ3v) is 2.26. The molecule has 0 aliphatic heterocycles. The highest BCUT2D eigenvalue weighted by molar-refractivity contribution is 6.03. The Morgan fingerprint density at radius 2 is 1.80 bits per heavy atom. The fourth-order valence-electron chi connectivity index (χ4n) is 1.51. The van der Waals surface area contributed by atoms with Gasteiger partial charge < -0.3 is 15.9 Å². The van der Waals surface area contributed by atoms with Crippen LogP contribution in [0.1, 0.15) is 10.4 Å². The normalized spacial score (nSPS) is 10.4. The predicted molar refractivity (Wildman–Crippen MR) is 55.8 cm³/mol. The van der Waals surface area contributed by atoms with Crippen LogP contribution >= 0.6 is 0 Å². The first-order valence-electron chi connectivity index (χ1n) is 4.34. The molecule has 2 aromatic rings. The smallest absolute Gasteiger partial charge is 0.252 e. The SMILES string of the molecule is NC(=O)c1cc2ccccc2c(O)c1O. The van der Waals surface area contributed by atoms with Gasteiger partial charge in [0.2, 0.25) is 0 Å². The third kappa shape index (κ3) is 1.36. The molecule has 0 saturated carbocycles. The maximum absolute atomic E-state index is 11.0. The summed E-state index contributed by atoms with van der Waals surface area (Å²) in [5.41, 5.74) is 4.99. The van der Waals surface area contributed by atoms with E-state index in [-0.39, 0.29) is 11.3 Å². The lowest BCUT2D eigenvalue weighted by atomic mass is 10.0. The fraction of sp³-hybridized carbons (Fsp3) is 0. The van der Waals surface area contributed by atoms with E-state index < -0.39 is 11.7 Å². The molecule has 0 aliphatic carbocycles. The number of amides is 1. The van der Waals surface area contributed by atoms with Crippen molar-refractivity contribution in [3.63, 3.8) is 0 Å². The van der Waals surface area contributed by atoms with E-state index in [2.05, 4.69) is 0 Å². The number of hydrogen-bond acceptors (Lipinski definition) is 3. The number of carbonyl (C=O) groups excluding carboxylic acids is 1. The molecule has 0 bridgehead atoms. The predicted octanol–water partition coefficient (Wildman–Crippen LogP) is 1.35. The summed E-state index contributed by atoms with van der Waals surface area (Å²) in [6.07, 6.45) is 0. The second-order valence-electron chi connectivity index (χ2n) is 3.21. The van der Waals surface area contributed by atoms with E-state index in [1.54, 1.807) is 24.3 Å². The molecule has 1 amide bonds. The number of hydrogen-bond donors (Lipinski definition) is 3. The van der Waals surface area contributed by atoms with Gasteiger partial charge in [0, 0.05) is 5.39 Å². The van der Waals surface area contributed by atoms with E-state index in [1.165, 1.54) is 6.07 Å². The molecule has 0 radical (unpaired) electrons. The number of primary amides is 1. The number of rotatable bonds is 1. The first kappa shape index (κ1) is 9.33. The molecular weight excluding hydrogens is 194 g/mol. The molecule has 4 nitrogen and oxygen atoms in total. The van der Waals surface area contributed by atoms with E-state index >= 15 is 0 Å². The number of aromatic hydroxyl groups is 2. The number of nitrogens with two attached hydrogens (primary N) is 1. The van der Waals surface area contributed by atoms with Gasteiger partial charge in [-0.3, -0.25) is 4.79 Å². The van der Waals surface area contributed by atoms with Gasteiger partial charge in [-0.05, 0) is 11.5 Å². The van der Waals surface area contributed by atoms with Crippen molar-refractivity contribution >= 4 is 16.7 Å². The van der Waals surface area contributed by atoms with Crippen molar-refractivity contribution in [3.8, 4) is 11.5 Å². The highest BCUT2D eigenvalue weighted by Gasteiger charge is 2.14. The van der Waals surface area contributed by atoms with E-state index in [0.29, 0.717) is 10.8 Å². The van der Waals surface area contributed by atoms with Crippen LogP contribution in [0.3, 0.4) is 0 Å². The average molecular weight is 203 g/mol. The first-order chi connectivity index (χ1) is 7.11. The molecule has 0 heterocycles. The number of carbonyl (C=O) groups is 1. The summed E-state index contributed by atoms with van der Waals surface area (Å²) in [6, 6.07) is 8.32. The van der Waals surface area contributed by atoms with E-state index in [0.717, 1.165) is 0 Å². The fourth-order valence-corrected chi connectivity index (χ4v) is 1.51. The van der Waals surface area contributed by atoms with Crippen LogP contribution in [0, 0.1) is 0 Å². The molecule has 0 saturated heterocycles. The zero-order valence-electron chi connectivity index (χ0n) is 7.77. The summed E-state index contributed by atoms with van der Waals surface area (Å²) in [4.78, 5) is 11.0. The first-order valence-corrected chi connectivity index (χ1v) is 4.34. The maximum atomic E-state index is 11.0. The van der Waals surface area contributed by atoms with Crippen LogP contribution in [0.4, 0.5) is 0 Å². The molecular formula is C11H9NO3. The minimum Gasteiger partial charge on any atom is -0.504 e. The summed E-state index contributed by atoms with van der Waals surface area (Å²) in [5.74, 6) is -1.56. The molecule has 4 heteroatoms. The summed E-state index contributed by atoms with van der Waals surface area (Å²) in [7, 11) is 0. The Bertz CT molecular complexity index is 549. The molecule has 4 N–H and O–H groups in total. The topological polar surface area (TPSA) is 83.6 Å². The van der Waals surface area contributed by atoms with Crippen molar-refractivity contribution in [1.29, 1.82) is 0 Å². The van der Waals surface area contributed by atoms with Gasteiger partial charge in [-0.1, -0.05) is 24.3 Å². The van der Waals surface area contributed by atoms with Crippen LogP contribution in [-0.4, -0.2) is 16.1 Å². The third-order valence-electron chi connectivity index (χ3n) is 2.26. The van der Waals surface area contributed by atoms with Gasteiger partial charge in [-0.15, -0.1) is 0 Å². The molecule has 76 valence electrons. The second kappa shape index (κ2) is 3.16. The largest absolute Gasteiger partial charge is 0.504 e. The van der Waals surface area contributed by atoms with Gasteiger partial charge in [0.1, 0.15) is 0 Å². The molecule has 0 aliphatic rings. The van der Waals surface area contributed by atoms with Crippen LogP contribution in [0.15, 0.2) is 30.3 Å². The zero-order chi connectivity index (χ0) is 11.0. The summed E-state index contributed by atoms with van der Waals surface area (Å²) in [5, 5.41) is 20.3. The van der Waals surface area contributed by atoms with Crippen LogP contribution in [-0.2, 0) is 0 Å². The summed E-state index contributed by atoms with van der Waals surface area (Å²) in [6.45, 7) is 0. The van der Waals surface area contributed by atoms with Gasteiger partial charge in [0.25, 0.3) is 5.91 Å². The van der Waals surface area contributed by atoms with Gasteiger partial charge in [0.05, 0.1) is 5.56 Å². The molecule has 0 unspecified atom stereocenters. The Balaban J connectivity index is 2.88. The molecule has 0 spiro atoms. The van der Waals surface area contributed by atoms with Crippen LogP contribution in [0.25, 0.3) is 10.8 Å². The lowest BCUT2D eigenvalue weighted by Crippen LogP contribution is -2.11. The van der Waals surface area contributed by atoms with Gasteiger partial charge in [-0.25, -0.2) is 0 Å². The second-order valence-corrected chi connectivity index (χ2v) is 3.21. The zero-order valence-corrected chi connectivity index (χ0v) is 7.77. The maximum Gasteiger partial charge on any atom is 0.252 e. The highest BCUT2D eigenvalue weighted by Crippen LogP contribution is 2.36. The Hall–Kier alpha value is -2.23. The Labute approximate surface area is 85.6 Å². The van der Waals surface area contributed by atoms with Gasteiger partial charge in [0.15, 0.2) is 11.5 Å². The number of fused-ring (bicyclic) bond motifs is 1. The molecule has 0 atom stereocenters. The van der Waals surface area contributed by atoms with Gasteiger partial charge in [-0.2, -0.15) is 0 Å². The van der Waals surface area contributed by atoms with E-state index in [4.69, 9.17) is 5.73 Å². The number of phenolic OH excluding ortho intramolecular Hbond substituents is 1. The minimum atomic E-state index is -0.770. The lowest BCUT2D eigenvalue weighted by Gasteiger charge is -2.06. The quantitative estimate of drug-likeness (QED) is 0.611. The van der Waals surface area contributed by atoms with Gasteiger partial charge >= 0.3 is 0 Å². The van der Waals surface area contributed by atoms with Crippen molar-refractivity contribution in [2.45, 2.75) is 0 Å². The highest BCUT2D eigenvalue weighted by atomic mass is 16.3. The molecule has 2 aromatic carbocycles. The van der Waals surface area contributed by atoms with E-state index in [1.807, 2.05) is 0 Å². The Kier molecular flexibility index (Phi) is 1.97. The minimum absolute atomic E-state index is 0.0776. The van der Waals surface area contributed by atoms with E-state index in [9.17, 15) is 15.0 Å². The van der Waals surface area contributed by atoms with Crippen molar-refractivity contribution < 1.29 is 15.0 Å². The summed E-state index contributed by atoms with van der Waals surface area (Å²) >= 11 is 0. The molecule has 15 heavy (non-hydrogen) atoms. The Morgan fingerprint density at radius 3 is 2.47 bits per heavy atom.